The van der Waals surface area contributed by atoms with E-state index >= 15 is 0 Å². The normalized spacial score (nSPS) is 20.8. The third-order valence-corrected chi connectivity index (χ3v) is 11.9. The highest BCUT2D eigenvalue weighted by Crippen LogP contribution is 2.23. The SMILES string of the molecule is CCCC/C=C/CC/C=C/C(O)C(COC1OC(CO)C(O)C(O)C1O)NC(=O)CCCCCCCCCCCCCCCCCCC/C=C\CCCCCCCCCC. The third kappa shape index (κ3) is 31.3. The summed E-state index contributed by atoms with van der Waals surface area (Å²) in [4.78, 5) is 12.9. The summed E-state index contributed by atoms with van der Waals surface area (Å²) in [5, 5.41) is 54.0. The Labute approximate surface area is 368 Å². The first-order chi connectivity index (χ1) is 29.3. The van der Waals surface area contributed by atoms with E-state index in [0.717, 1.165) is 44.9 Å². The van der Waals surface area contributed by atoms with Crippen LogP contribution in [0.3, 0.4) is 0 Å². The van der Waals surface area contributed by atoms with Gasteiger partial charge in [-0.25, -0.2) is 0 Å². The fraction of sp³-hybridized carbons (Fsp3) is 0.863. The van der Waals surface area contributed by atoms with E-state index in [4.69, 9.17) is 9.47 Å². The molecule has 0 spiro atoms. The van der Waals surface area contributed by atoms with Gasteiger partial charge in [0.2, 0.25) is 5.91 Å². The van der Waals surface area contributed by atoms with E-state index in [2.05, 4.69) is 43.5 Å². The molecule has 1 aliphatic heterocycles. The molecule has 0 saturated carbocycles. The summed E-state index contributed by atoms with van der Waals surface area (Å²) < 4.78 is 11.2. The fourth-order valence-electron chi connectivity index (χ4n) is 7.86. The molecule has 6 N–H and O–H groups in total. The molecule has 0 radical (unpaired) electrons. The molecule has 7 atom stereocenters. The largest absolute Gasteiger partial charge is 0.394 e. The second-order valence-electron chi connectivity index (χ2n) is 17.6. The van der Waals surface area contributed by atoms with Crippen molar-refractivity contribution >= 4 is 5.91 Å². The van der Waals surface area contributed by atoms with Crippen LogP contribution in [0, 0.1) is 0 Å². The number of carbonyl (C=O) groups excluding carboxylic acids is 1. The van der Waals surface area contributed by atoms with Crippen LogP contribution in [-0.4, -0.2) is 87.5 Å². The van der Waals surface area contributed by atoms with Crippen LogP contribution in [0.5, 0.6) is 0 Å². The van der Waals surface area contributed by atoms with Gasteiger partial charge in [-0.3, -0.25) is 4.79 Å². The van der Waals surface area contributed by atoms with Gasteiger partial charge in [-0.1, -0.05) is 204 Å². The van der Waals surface area contributed by atoms with Gasteiger partial charge in [0.05, 0.1) is 25.4 Å². The minimum Gasteiger partial charge on any atom is -0.394 e. The molecule has 1 rings (SSSR count). The Hall–Kier alpha value is -1.59. The van der Waals surface area contributed by atoms with Crippen molar-refractivity contribution in [1.82, 2.24) is 5.32 Å². The summed E-state index contributed by atoms with van der Waals surface area (Å²) in [5.74, 6) is -0.189. The van der Waals surface area contributed by atoms with Crippen molar-refractivity contribution in [2.45, 2.75) is 269 Å². The zero-order valence-electron chi connectivity index (χ0n) is 38.7. The number of hydrogen-bond acceptors (Lipinski definition) is 8. The summed E-state index contributed by atoms with van der Waals surface area (Å²) in [6.07, 6.45) is 45.3. The van der Waals surface area contributed by atoms with Crippen molar-refractivity contribution in [3.05, 3.63) is 36.5 Å². The zero-order valence-corrected chi connectivity index (χ0v) is 38.7. The Kier molecular flexibility index (Phi) is 39.0. The molecular weight excluding hydrogens is 755 g/mol. The molecule has 1 amide bonds. The zero-order chi connectivity index (χ0) is 43.7. The van der Waals surface area contributed by atoms with E-state index < -0.39 is 49.5 Å². The molecule has 352 valence electrons. The number of allylic oxidation sites excluding steroid dienone is 5. The van der Waals surface area contributed by atoms with Crippen molar-refractivity contribution in [1.29, 1.82) is 0 Å². The Morgan fingerprint density at radius 2 is 0.967 bits per heavy atom. The van der Waals surface area contributed by atoms with E-state index in [1.54, 1.807) is 6.08 Å². The van der Waals surface area contributed by atoms with Crippen molar-refractivity contribution < 1.29 is 39.8 Å². The van der Waals surface area contributed by atoms with E-state index in [9.17, 15) is 30.3 Å². The Morgan fingerprint density at radius 1 is 0.550 bits per heavy atom. The van der Waals surface area contributed by atoms with Crippen LogP contribution in [0.15, 0.2) is 36.5 Å². The molecule has 1 heterocycles. The number of nitrogens with one attached hydrogen (secondary N) is 1. The maximum atomic E-state index is 12.9. The van der Waals surface area contributed by atoms with Gasteiger partial charge >= 0.3 is 0 Å². The summed E-state index contributed by atoms with van der Waals surface area (Å²) in [5.41, 5.74) is 0. The average Bonchev–Trinajstić information content (AvgIpc) is 3.25. The Balaban J connectivity index is 2.11. The van der Waals surface area contributed by atoms with Crippen LogP contribution in [0.2, 0.25) is 0 Å². The molecule has 9 heteroatoms. The highest BCUT2D eigenvalue weighted by Gasteiger charge is 2.44. The lowest BCUT2D eigenvalue weighted by Crippen LogP contribution is -2.60. The second kappa shape index (κ2) is 41.4. The highest BCUT2D eigenvalue weighted by atomic mass is 16.7. The number of aliphatic hydroxyl groups is 5. The van der Waals surface area contributed by atoms with E-state index in [1.165, 1.54) is 161 Å². The smallest absolute Gasteiger partial charge is 0.220 e. The van der Waals surface area contributed by atoms with Crippen LogP contribution < -0.4 is 5.32 Å². The molecule has 0 aliphatic carbocycles. The van der Waals surface area contributed by atoms with Crippen molar-refractivity contribution in [3.8, 4) is 0 Å². The maximum absolute atomic E-state index is 12.9. The molecule has 1 fully saturated rings. The molecule has 0 bridgehead atoms. The van der Waals surface area contributed by atoms with E-state index in [-0.39, 0.29) is 12.5 Å². The predicted molar refractivity (Wildman–Crippen MR) is 249 cm³/mol. The van der Waals surface area contributed by atoms with Crippen LogP contribution in [0.4, 0.5) is 0 Å². The number of unbranched alkanes of at least 4 members (excludes halogenated alkanes) is 28. The summed E-state index contributed by atoms with van der Waals surface area (Å²) >= 11 is 0. The quantitative estimate of drug-likeness (QED) is 0.0263. The first-order valence-electron chi connectivity index (χ1n) is 25.2. The second-order valence-corrected chi connectivity index (χ2v) is 17.6. The van der Waals surface area contributed by atoms with Gasteiger partial charge in [-0.05, 0) is 51.4 Å². The number of carbonyl (C=O) groups is 1. The van der Waals surface area contributed by atoms with Crippen molar-refractivity contribution in [3.63, 3.8) is 0 Å². The number of hydrogen-bond donors (Lipinski definition) is 6. The Morgan fingerprint density at radius 3 is 1.45 bits per heavy atom. The number of amides is 1. The molecule has 60 heavy (non-hydrogen) atoms. The highest BCUT2D eigenvalue weighted by molar-refractivity contribution is 5.76. The lowest BCUT2D eigenvalue weighted by Gasteiger charge is -2.40. The maximum Gasteiger partial charge on any atom is 0.220 e. The summed E-state index contributed by atoms with van der Waals surface area (Å²) in [6, 6.07) is -0.817. The van der Waals surface area contributed by atoms with Gasteiger partial charge in [0.1, 0.15) is 24.4 Å². The molecule has 0 aromatic heterocycles. The molecule has 1 aliphatic rings. The molecular formula is C51H95NO8. The van der Waals surface area contributed by atoms with Gasteiger partial charge in [-0.2, -0.15) is 0 Å². The molecule has 9 nitrogen and oxygen atoms in total. The number of aliphatic hydroxyl groups excluding tert-OH is 5. The van der Waals surface area contributed by atoms with Crippen molar-refractivity contribution in [2.75, 3.05) is 13.2 Å². The minimum atomic E-state index is -1.57. The van der Waals surface area contributed by atoms with Crippen LogP contribution in [0.25, 0.3) is 0 Å². The molecule has 7 unspecified atom stereocenters. The lowest BCUT2D eigenvalue weighted by atomic mass is 9.99. The number of ether oxygens (including phenoxy) is 2. The fourth-order valence-corrected chi connectivity index (χ4v) is 7.86. The van der Waals surface area contributed by atoms with Crippen molar-refractivity contribution in [2.24, 2.45) is 0 Å². The predicted octanol–water partition coefficient (Wildman–Crippen LogP) is 11.2. The summed E-state index contributed by atoms with van der Waals surface area (Å²) in [6.45, 7) is 3.68. The number of rotatable bonds is 42. The summed E-state index contributed by atoms with van der Waals surface area (Å²) in [7, 11) is 0. The van der Waals surface area contributed by atoms with Gasteiger partial charge in [-0.15, -0.1) is 0 Å². The average molecular weight is 850 g/mol. The van der Waals surface area contributed by atoms with Crippen LogP contribution >= 0.6 is 0 Å². The lowest BCUT2D eigenvalue weighted by molar-refractivity contribution is -0.302. The standard InChI is InChI=1S/C51H95NO8/c1-3-5-7-9-11-13-14-15-16-17-18-19-20-21-22-23-24-25-26-27-28-29-30-31-32-33-35-37-39-41-47(55)52-44(45(54)40-38-36-34-12-10-8-6-4-2)43-59-51-50(58)49(57)48(56)46(42-53)60-51/h10,12,17-18,38,40,44-46,48-51,53-54,56-58H,3-9,11,13-16,19-37,39,41-43H2,1-2H3,(H,52,55)/b12-10+,18-17-,40-38+. The van der Waals surface area contributed by atoms with Gasteiger partial charge < -0.3 is 40.3 Å². The Bertz CT molecular complexity index is 1030. The van der Waals surface area contributed by atoms with Gasteiger partial charge in [0.25, 0.3) is 0 Å². The van der Waals surface area contributed by atoms with E-state index in [0.29, 0.717) is 6.42 Å². The molecule has 0 aromatic rings. The van der Waals surface area contributed by atoms with Crippen LogP contribution in [0.1, 0.15) is 226 Å². The van der Waals surface area contributed by atoms with Gasteiger partial charge in [0, 0.05) is 6.42 Å². The third-order valence-electron chi connectivity index (χ3n) is 11.9. The monoisotopic (exact) mass is 850 g/mol. The van der Waals surface area contributed by atoms with Gasteiger partial charge in [0.15, 0.2) is 6.29 Å². The minimum absolute atomic E-state index is 0.189. The first kappa shape index (κ1) is 56.4. The molecule has 0 aromatic carbocycles. The topological polar surface area (TPSA) is 149 Å². The molecule has 1 saturated heterocycles. The van der Waals surface area contributed by atoms with E-state index in [1.807, 2.05) is 6.08 Å². The van der Waals surface area contributed by atoms with Crippen LogP contribution in [-0.2, 0) is 14.3 Å². The first-order valence-corrected chi connectivity index (χ1v) is 25.2.